The zero-order valence-electron chi connectivity index (χ0n) is 12.9. The number of methoxy groups -OCH3 is 1. The minimum absolute atomic E-state index is 0.352. The second-order valence-corrected chi connectivity index (χ2v) is 5.47. The fourth-order valence-electron chi connectivity index (χ4n) is 2.46. The van der Waals surface area contributed by atoms with E-state index in [1.165, 1.54) is 10.9 Å². The average Bonchev–Trinajstić information content (AvgIpc) is 2.81. The summed E-state index contributed by atoms with van der Waals surface area (Å²) in [6.07, 6.45) is 0. The third-order valence-corrected chi connectivity index (χ3v) is 3.72. The first kappa shape index (κ1) is 15.0. The van der Waals surface area contributed by atoms with Crippen molar-refractivity contribution in [1.82, 2.24) is 15.1 Å². The van der Waals surface area contributed by atoms with Crippen LogP contribution < -0.4 is 5.32 Å². The van der Waals surface area contributed by atoms with Crippen LogP contribution in [-0.2, 0) is 17.8 Å². The summed E-state index contributed by atoms with van der Waals surface area (Å²) in [4.78, 5) is 0. The maximum absolute atomic E-state index is 5.28. The molecule has 0 saturated heterocycles. The summed E-state index contributed by atoms with van der Waals surface area (Å²) in [7, 11) is 1.75. The van der Waals surface area contributed by atoms with Crippen molar-refractivity contribution < 1.29 is 4.74 Å². The van der Waals surface area contributed by atoms with E-state index in [0.29, 0.717) is 12.0 Å². The predicted octanol–water partition coefficient (Wildman–Crippen LogP) is 2.82. The molecule has 0 fully saturated rings. The molecule has 0 amide bonds. The fourth-order valence-corrected chi connectivity index (χ4v) is 2.46. The van der Waals surface area contributed by atoms with Gasteiger partial charge in [-0.05, 0) is 18.9 Å². The molecule has 20 heavy (non-hydrogen) atoms. The first-order chi connectivity index (χ1) is 9.67. The Kier molecular flexibility index (Phi) is 5.15. The van der Waals surface area contributed by atoms with E-state index in [1.807, 2.05) is 0 Å². The van der Waals surface area contributed by atoms with Crippen LogP contribution in [0.2, 0.25) is 0 Å². The average molecular weight is 275 g/mol. The number of hydrogen-bond donors (Lipinski definition) is 1. The molecule has 2 aromatic rings. The van der Waals surface area contributed by atoms with E-state index in [9.17, 15) is 0 Å². The summed E-state index contributed by atoms with van der Waals surface area (Å²) in [6, 6.07) is 8.76. The van der Waals surface area contributed by atoms with Gasteiger partial charge in [-0.1, -0.05) is 32.0 Å². The second-order valence-electron chi connectivity index (χ2n) is 5.47. The van der Waals surface area contributed by atoms with Crippen molar-refractivity contribution >= 4 is 10.9 Å². The number of nitrogens with zero attached hydrogens (tertiary/aromatic N) is 2. The Morgan fingerprint density at radius 3 is 2.70 bits per heavy atom. The first-order valence-corrected chi connectivity index (χ1v) is 7.34. The molecule has 0 aliphatic heterocycles. The van der Waals surface area contributed by atoms with E-state index in [-0.39, 0.29) is 0 Å². The molecule has 0 aliphatic carbocycles. The molecule has 4 heteroatoms. The van der Waals surface area contributed by atoms with Gasteiger partial charge < -0.3 is 10.1 Å². The van der Waals surface area contributed by atoms with Crippen LogP contribution in [0.5, 0.6) is 0 Å². The second kappa shape index (κ2) is 6.86. The highest BCUT2D eigenvalue weighted by Gasteiger charge is 2.15. The molecule has 2 rings (SSSR count). The summed E-state index contributed by atoms with van der Waals surface area (Å²) in [5, 5.41) is 9.52. The maximum atomic E-state index is 5.28. The third-order valence-electron chi connectivity index (χ3n) is 3.72. The molecule has 0 aliphatic rings. The summed E-state index contributed by atoms with van der Waals surface area (Å²) >= 11 is 0. The van der Waals surface area contributed by atoms with Gasteiger partial charge in [-0.25, -0.2) is 0 Å². The highest BCUT2D eigenvalue weighted by atomic mass is 16.5. The number of para-hydroxylation sites is 1. The van der Waals surface area contributed by atoms with Crippen LogP contribution in [0.1, 0.15) is 26.5 Å². The van der Waals surface area contributed by atoms with Gasteiger partial charge in [0.15, 0.2) is 0 Å². The zero-order valence-corrected chi connectivity index (χ0v) is 12.9. The molecular weight excluding hydrogens is 250 g/mol. The van der Waals surface area contributed by atoms with Gasteiger partial charge in [-0.2, -0.15) is 5.10 Å². The lowest BCUT2D eigenvalue weighted by Crippen LogP contribution is -2.37. The lowest BCUT2D eigenvalue weighted by atomic mass is 10.1. The van der Waals surface area contributed by atoms with Crippen LogP contribution in [0, 0.1) is 5.92 Å². The van der Waals surface area contributed by atoms with Crippen molar-refractivity contribution in [3.63, 3.8) is 0 Å². The van der Waals surface area contributed by atoms with Crippen LogP contribution in [-0.4, -0.2) is 29.5 Å². The quantitative estimate of drug-likeness (QED) is 0.844. The normalized spacial score (nSPS) is 13.2. The van der Waals surface area contributed by atoms with Crippen LogP contribution in [0.4, 0.5) is 0 Å². The number of nitrogens with one attached hydrogen (secondary N) is 1. The van der Waals surface area contributed by atoms with Crippen molar-refractivity contribution in [2.45, 2.75) is 39.9 Å². The minimum Gasteiger partial charge on any atom is -0.383 e. The number of ether oxygens (including phenoxy) is 1. The number of aryl methyl sites for hydroxylation is 1. The van der Waals surface area contributed by atoms with Crippen molar-refractivity contribution in [2.24, 2.45) is 5.92 Å². The number of fused-ring (bicyclic) bond motifs is 1. The zero-order chi connectivity index (χ0) is 14.5. The topological polar surface area (TPSA) is 39.1 Å². The van der Waals surface area contributed by atoms with Crippen LogP contribution in [0.15, 0.2) is 24.3 Å². The van der Waals surface area contributed by atoms with Crippen LogP contribution in [0.25, 0.3) is 10.9 Å². The summed E-state index contributed by atoms with van der Waals surface area (Å²) in [6.45, 7) is 8.94. The monoisotopic (exact) mass is 275 g/mol. The Balaban J connectivity index is 2.17. The van der Waals surface area contributed by atoms with Gasteiger partial charge in [0, 0.05) is 31.6 Å². The number of rotatable bonds is 7. The third kappa shape index (κ3) is 3.19. The molecule has 110 valence electrons. The fraction of sp³-hybridized carbons (Fsp3) is 0.562. The Labute approximate surface area is 121 Å². The Hall–Kier alpha value is -1.39. The lowest BCUT2D eigenvalue weighted by Gasteiger charge is -2.21. The molecule has 1 atom stereocenters. The number of aromatic nitrogens is 2. The highest BCUT2D eigenvalue weighted by Crippen LogP contribution is 2.18. The predicted molar refractivity (Wildman–Crippen MR) is 82.7 cm³/mol. The molecule has 1 aromatic heterocycles. The molecular formula is C16H25N3O. The molecule has 0 spiro atoms. The SMILES string of the molecule is CCn1nc(CNC(COC)C(C)C)c2ccccc21. The molecule has 0 bridgehead atoms. The van der Waals surface area contributed by atoms with Gasteiger partial charge in [-0.3, -0.25) is 4.68 Å². The maximum Gasteiger partial charge on any atom is 0.0841 e. The van der Waals surface area contributed by atoms with Crippen molar-refractivity contribution in [3.8, 4) is 0 Å². The van der Waals surface area contributed by atoms with E-state index in [4.69, 9.17) is 9.84 Å². The summed E-state index contributed by atoms with van der Waals surface area (Å²) < 4.78 is 7.34. The van der Waals surface area contributed by atoms with E-state index in [0.717, 1.165) is 25.4 Å². The van der Waals surface area contributed by atoms with Gasteiger partial charge in [0.25, 0.3) is 0 Å². The molecule has 0 saturated carbocycles. The first-order valence-electron chi connectivity index (χ1n) is 7.34. The van der Waals surface area contributed by atoms with Crippen molar-refractivity contribution in [2.75, 3.05) is 13.7 Å². The smallest absolute Gasteiger partial charge is 0.0841 e. The summed E-state index contributed by atoms with van der Waals surface area (Å²) in [5.41, 5.74) is 2.32. The standard InChI is InChI=1S/C16H25N3O/c1-5-19-16-9-7-6-8-13(16)14(18-19)10-17-15(11-20-4)12(2)3/h6-9,12,15,17H,5,10-11H2,1-4H3. The van der Waals surface area contributed by atoms with Gasteiger partial charge >= 0.3 is 0 Å². The number of benzene rings is 1. The molecule has 1 heterocycles. The molecule has 0 radical (unpaired) electrons. The number of hydrogen-bond acceptors (Lipinski definition) is 3. The van der Waals surface area contributed by atoms with E-state index < -0.39 is 0 Å². The van der Waals surface area contributed by atoms with Gasteiger partial charge in [-0.15, -0.1) is 0 Å². The van der Waals surface area contributed by atoms with E-state index in [1.54, 1.807) is 7.11 Å². The molecule has 1 unspecified atom stereocenters. The summed E-state index contributed by atoms with van der Waals surface area (Å²) in [5.74, 6) is 0.537. The van der Waals surface area contributed by atoms with Crippen LogP contribution >= 0.6 is 0 Å². The molecule has 1 N–H and O–H groups in total. The van der Waals surface area contributed by atoms with Gasteiger partial charge in [0.1, 0.15) is 0 Å². The Morgan fingerprint density at radius 1 is 1.30 bits per heavy atom. The van der Waals surface area contributed by atoms with Gasteiger partial charge in [0.05, 0.1) is 17.8 Å². The highest BCUT2D eigenvalue weighted by molar-refractivity contribution is 5.81. The molecule has 4 nitrogen and oxygen atoms in total. The largest absolute Gasteiger partial charge is 0.383 e. The van der Waals surface area contributed by atoms with E-state index >= 15 is 0 Å². The van der Waals surface area contributed by atoms with Gasteiger partial charge in [0.2, 0.25) is 0 Å². The van der Waals surface area contributed by atoms with Crippen molar-refractivity contribution in [1.29, 1.82) is 0 Å². The molecule has 1 aromatic carbocycles. The Bertz CT molecular complexity index is 548. The van der Waals surface area contributed by atoms with Crippen LogP contribution in [0.3, 0.4) is 0 Å². The van der Waals surface area contributed by atoms with Crippen molar-refractivity contribution in [3.05, 3.63) is 30.0 Å². The lowest BCUT2D eigenvalue weighted by molar-refractivity contribution is 0.146. The Morgan fingerprint density at radius 2 is 2.05 bits per heavy atom. The minimum atomic E-state index is 0.352. The van der Waals surface area contributed by atoms with E-state index in [2.05, 4.69) is 55.0 Å².